The Bertz CT molecular complexity index is 904. The lowest BCUT2D eigenvalue weighted by molar-refractivity contribution is 0.00578. The summed E-state index contributed by atoms with van der Waals surface area (Å²) in [6.45, 7) is 7.23. The number of hydrogen-bond donors (Lipinski definition) is 0. The first-order chi connectivity index (χ1) is 12.3. The molecule has 110 valence electrons. The molecule has 0 bridgehead atoms. The maximum absolute atomic E-state index is 14.6. The molecule has 0 aliphatic carbocycles. The second-order valence-electron chi connectivity index (χ2n) is 5.78. The van der Waals surface area contributed by atoms with Crippen molar-refractivity contribution in [2.75, 3.05) is 0 Å². The van der Waals surface area contributed by atoms with E-state index in [1.165, 1.54) is 0 Å². The number of nitrogens with zero attached hydrogens (tertiary/aromatic N) is 2. The quantitative estimate of drug-likeness (QED) is 0.798. The van der Waals surface area contributed by atoms with Gasteiger partial charge in [-0.15, -0.1) is 0 Å². The fourth-order valence-corrected chi connectivity index (χ4v) is 1.87. The fourth-order valence-electron chi connectivity index (χ4n) is 1.87. The average molecular weight is 294 g/mol. The van der Waals surface area contributed by atoms with Crippen LogP contribution in [-0.2, 0) is 9.31 Å². The van der Waals surface area contributed by atoms with Gasteiger partial charge in [-0.25, -0.2) is 9.07 Å². The van der Waals surface area contributed by atoms with E-state index in [0.717, 1.165) is 0 Å². The van der Waals surface area contributed by atoms with Crippen LogP contribution in [0.1, 0.15) is 35.9 Å². The molecule has 0 atom stereocenters. The first-order valence-corrected chi connectivity index (χ1v) is 6.48. The van der Waals surface area contributed by atoms with Gasteiger partial charge in [-0.3, -0.25) is 0 Å². The van der Waals surface area contributed by atoms with Crippen LogP contribution >= 0.6 is 0 Å². The molecule has 6 heteroatoms. The second-order valence-corrected chi connectivity index (χ2v) is 5.78. The summed E-state index contributed by atoms with van der Waals surface area (Å²) < 4.78 is 73.9. The third-order valence-corrected chi connectivity index (χ3v) is 3.81. The molecule has 0 unspecified atom stereocenters. The largest absolute Gasteiger partial charge is 0.516 e. The number of aromatic nitrogens is 2. The minimum Gasteiger partial charge on any atom is -0.398 e. The van der Waals surface area contributed by atoms with Crippen LogP contribution in [0.4, 0.5) is 4.39 Å². The zero-order valence-corrected chi connectivity index (χ0v) is 12.2. The highest BCUT2D eigenvalue weighted by molar-refractivity contribution is 6.61. The Morgan fingerprint density at radius 1 is 1.14 bits per heavy atom. The van der Waals surface area contributed by atoms with Crippen molar-refractivity contribution in [1.29, 1.82) is 0 Å². The minimum absolute atomic E-state index is 0.0644. The number of benzene rings is 1. The molecule has 0 amide bonds. The summed E-state index contributed by atoms with van der Waals surface area (Å²) in [5.41, 5.74) is -2.11. The van der Waals surface area contributed by atoms with E-state index in [1.807, 2.05) is 27.7 Å². The van der Waals surface area contributed by atoms with E-state index in [0.29, 0.717) is 4.68 Å². The molecule has 4 nitrogen and oxygen atoms in total. The molecule has 0 N–H and O–H groups in total. The first-order valence-electron chi connectivity index (χ1n) is 9.48. The van der Waals surface area contributed by atoms with E-state index in [2.05, 4.69) is 5.10 Å². The molecule has 1 saturated heterocycles. The Morgan fingerprint density at radius 3 is 2.43 bits per heavy atom. The van der Waals surface area contributed by atoms with Gasteiger partial charge in [-0.05, 0) is 45.8 Å². The third-order valence-electron chi connectivity index (χ3n) is 3.81. The van der Waals surface area contributed by atoms with Crippen molar-refractivity contribution in [1.82, 2.24) is 9.78 Å². The molecule has 1 aliphatic heterocycles. The molecule has 2 aromatic rings. The highest BCUT2D eigenvalue weighted by atomic mass is 19.1. The Morgan fingerprint density at radius 2 is 1.76 bits per heavy atom. The van der Waals surface area contributed by atoms with Gasteiger partial charge in [0.15, 0.2) is 0 Å². The van der Waals surface area contributed by atoms with Gasteiger partial charge in [0.2, 0.25) is 0 Å². The third kappa shape index (κ3) is 2.38. The van der Waals surface area contributed by atoms with Crippen LogP contribution in [-0.4, -0.2) is 28.1 Å². The van der Waals surface area contributed by atoms with Gasteiger partial charge in [-0.1, -0.05) is 12.1 Å². The van der Waals surface area contributed by atoms with E-state index < -0.39 is 60.2 Å². The summed E-state index contributed by atoms with van der Waals surface area (Å²) in [7, 11) is -1.06. The van der Waals surface area contributed by atoms with Gasteiger partial charge in [-0.2, -0.15) is 5.10 Å². The van der Waals surface area contributed by atoms with Gasteiger partial charge in [0.25, 0.3) is 0 Å². The Kier molecular flexibility index (Phi) is 1.94. The molecule has 1 fully saturated rings. The van der Waals surface area contributed by atoms with E-state index in [9.17, 15) is 4.39 Å². The van der Waals surface area contributed by atoms with E-state index in [1.54, 1.807) is 0 Å². The first kappa shape index (κ1) is 8.71. The van der Waals surface area contributed by atoms with Crippen LogP contribution in [0.25, 0.3) is 5.69 Å². The Labute approximate surface area is 132 Å². The number of hydrogen-bond acceptors (Lipinski definition) is 3. The van der Waals surface area contributed by atoms with Crippen LogP contribution in [0.5, 0.6) is 0 Å². The summed E-state index contributed by atoms with van der Waals surface area (Å²) in [5.74, 6) is -1.25. The predicted molar refractivity (Wildman–Crippen MR) is 79.2 cm³/mol. The van der Waals surface area contributed by atoms with Crippen LogP contribution < -0.4 is 5.59 Å². The van der Waals surface area contributed by atoms with Crippen LogP contribution in [0.3, 0.4) is 0 Å². The molecule has 0 radical (unpaired) electrons. The number of rotatable bonds is 2. The summed E-state index contributed by atoms with van der Waals surface area (Å²) in [6.07, 6.45) is -0.538. The van der Waals surface area contributed by atoms with Gasteiger partial charge in [0, 0.05) is 6.17 Å². The predicted octanol–water partition coefficient (Wildman–Crippen LogP) is 2.31. The van der Waals surface area contributed by atoms with Crippen LogP contribution in [0.2, 0.25) is 0 Å². The fraction of sp³-hybridized carbons (Fsp3) is 0.400. The topological polar surface area (TPSA) is 36.3 Å². The van der Waals surface area contributed by atoms with E-state index in [-0.39, 0.29) is 11.6 Å². The monoisotopic (exact) mass is 294 g/mol. The number of para-hydroxylation sites is 1. The molecule has 1 aromatic carbocycles. The van der Waals surface area contributed by atoms with Gasteiger partial charge >= 0.3 is 7.12 Å². The molecular weight excluding hydrogens is 270 g/mol. The molecule has 21 heavy (non-hydrogen) atoms. The van der Waals surface area contributed by atoms with Gasteiger partial charge in [0.1, 0.15) is 11.5 Å². The van der Waals surface area contributed by atoms with Crippen molar-refractivity contribution in [2.45, 2.75) is 38.9 Å². The maximum Gasteiger partial charge on any atom is 0.516 e. The van der Waals surface area contributed by atoms with Crippen molar-refractivity contribution < 1.29 is 21.9 Å². The molecule has 3 rings (SSSR count). The van der Waals surface area contributed by atoms with Crippen molar-refractivity contribution in [3.8, 4) is 5.69 Å². The van der Waals surface area contributed by atoms with Crippen LogP contribution in [0.15, 0.2) is 36.4 Å². The highest BCUT2D eigenvalue weighted by Crippen LogP contribution is 2.36. The normalized spacial score (nSPS) is 24.0. The standard InChI is InChI=1S/C15H18BFN2O2/c1-14(2)15(3,4)21-16(20-14)13-9-10-19(18-13)12-8-6-5-7-11(12)17/h5-10H,1-4H3/i5D,6D,7D,8D,9D,10D. The van der Waals surface area contributed by atoms with Crippen molar-refractivity contribution >= 4 is 12.7 Å². The summed E-state index contributed by atoms with van der Waals surface area (Å²) in [4.78, 5) is 0. The highest BCUT2D eigenvalue weighted by Gasteiger charge is 2.52. The van der Waals surface area contributed by atoms with Gasteiger partial charge in [0.05, 0.1) is 25.0 Å². The smallest absolute Gasteiger partial charge is 0.398 e. The summed E-state index contributed by atoms with van der Waals surface area (Å²) in [5, 5.41) is 4.03. The minimum atomic E-state index is -1.25. The van der Waals surface area contributed by atoms with Crippen molar-refractivity contribution in [2.24, 2.45) is 0 Å². The zero-order valence-electron chi connectivity index (χ0n) is 18.2. The zero-order chi connectivity index (χ0) is 20.5. The van der Waals surface area contributed by atoms with E-state index >= 15 is 0 Å². The van der Waals surface area contributed by atoms with E-state index in [4.69, 9.17) is 17.5 Å². The lowest BCUT2D eigenvalue weighted by Crippen LogP contribution is -2.41. The Hall–Kier alpha value is -1.66. The van der Waals surface area contributed by atoms with Crippen molar-refractivity contribution in [3.63, 3.8) is 0 Å². The molecule has 2 heterocycles. The Balaban J connectivity index is 2.17. The lowest BCUT2D eigenvalue weighted by Gasteiger charge is -2.32. The lowest BCUT2D eigenvalue weighted by atomic mass is 9.85. The average Bonchev–Trinajstić information content (AvgIpc) is 2.97. The molecule has 0 spiro atoms. The second kappa shape index (κ2) is 4.68. The SMILES string of the molecule is [2H]c1c([2H])c([2H])c(-n2nc(B3OC(C)(C)C(C)(C)O3)c([2H])c2[2H])c(F)c1[2H]. The number of halogens is 1. The molecule has 1 aromatic heterocycles. The van der Waals surface area contributed by atoms with Crippen LogP contribution in [0, 0.1) is 5.82 Å². The molecular formula is C15H18BFN2O2. The summed E-state index contributed by atoms with van der Waals surface area (Å²) >= 11 is 0. The van der Waals surface area contributed by atoms with Gasteiger partial charge < -0.3 is 9.31 Å². The maximum atomic E-state index is 14.6. The molecule has 0 saturated carbocycles. The molecule has 1 aliphatic rings. The summed E-state index contributed by atoms with van der Waals surface area (Å²) in [6, 6.07) is -3.32. The van der Waals surface area contributed by atoms with Crippen molar-refractivity contribution in [3.05, 3.63) is 42.2 Å².